The van der Waals surface area contributed by atoms with Gasteiger partial charge in [0.25, 0.3) is 0 Å². The third kappa shape index (κ3) is 4.46. The number of urea groups is 1. The maximum Gasteiger partial charge on any atom is 0.387 e. The molecule has 8 heteroatoms. The number of methoxy groups -OCH3 is 1. The van der Waals surface area contributed by atoms with Crippen molar-refractivity contribution in [2.24, 2.45) is 0 Å². The molecule has 2 aromatic carbocycles. The van der Waals surface area contributed by atoms with Crippen molar-refractivity contribution < 1.29 is 28.2 Å². The first-order valence-electron chi connectivity index (χ1n) is 8.40. The van der Waals surface area contributed by atoms with Gasteiger partial charge in [-0.2, -0.15) is 8.78 Å². The number of hydrogen-bond acceptors (Lipinski definition) is 4. The lowest BCUT2D eigenvalue weighted by atomic mass is 10.1. The van der Waals surface area contributed by atoms with E-state index in [2.05, 4.69) is 15.4 Å². The summed E-state index contributed by atoms with van der Waals surface area (Å²) in [6.45, 7) is -2.80. The Hall–Kier alpha value is -2.87. The SMILES string of the molecule is COc1cc(CNC(=O)N[C@@H]2c3ccccc3C[C@@H]2O)ccc1OC(F)F. The molecule has 0 saturated carbocycles. The van der Waals surface area contributed by atoms with Crippen LogP contribution in [0.1, 0.15) is 22.7 Å². The number of fused-ring (bicyclic) bond motifs is 1. The number of nitrogens with one attached hydrogen (secondary N) is 2. The standard InChI is InChI=1S/C19H20F2N2O4/c1-26-16-8-11(6-7-15(16)27-18(20)21)10-22-19(25)23-17-13-5-3-2-4-12(13)9-14(17)24/h2-8,14,17-18,24H,9-10H2,1H3,(H2,22,23,25)/t14-,17+/m0/s1. The summed E-state index contributed by atoms with van der Waals surface area (Å²) < 4.78 is 34.1. The molecule has 144 valence electrons. The zero-order valence-electron chi connectivity index (χ0n) is 14.6. The summed E-state index contributed by atoms with van der Waals surface area (Å²) in [5, 5.41) is 15.6. The van der Waals surface area contributed by atoms with E-state index in [1.165, 1.54) is 19.2 Å². The summed E-state index contributed by atoms with van der Waals surface area (Å²) in [6, 6.07) is 11.1. The molecule has 6 nitrogen and oxygen atoms in total. The van der Waals surface area contributed by atoms with Crippen LogP contribution in [0.25, 0.3) is 0 Å². The lowest BCUT2D eigenvalue weighted by Crippen LogP contribution is -2.40. The van der Waals surface area contributed by atoms with Crippen molar-refractivity contribution in [3.8, 4) is 11.5 Å². The quantitative estimate of drug-likeness (QED) is 0.722. The summed E-state index contributed by atoms with van der Waals surface area (Å²) in [6.07, 6.45) is -0.191. The molecule has 2 atom stereocenters. The molecule has 27 heavy (non-hydrogen) atoms. The highest BCUT2D eigenvalue weighted by atomic mass is 19.3. The first-order chi connectivity index (χ1) is 13.0. The Labute approximate surface area is 155 Å². The minimum Gasteiger partial charge on any atom is -0.493 e. The van der Waals surface area contributed by atoms with Crippen molar-refractivity contribution in [3.63, 3.8) is 0 Å². The fourth-order valence-corrected chi connectivity index (χ4v) is 3.14. The first kappa shape index (κ1) is 18.9. The van der Waals surface area contributed by atoms with Crippen molar-refractivity contribution in [3.05, 3.63) is 59.2 Å². The molecule has 1 aliphatic carbocycles. The molecular weight excluding hydrogens is 358 g/mol. The molecule has 0 unspecified atom stereocenters. The topological polar surface area (TPSA) is 79.8 Å². The number of carbonyl (C=O) groups excluding carboxylic acids is 1. The third-order valence-corrected chi connectivity index (χ3v) is 4.39. The number of benzene rings is 2. The van der Waals surface area contributed by atoms with Crippen LogP contribution in [0.4, 0.5) is 13.6 Å². The van der Waals surface area contributed by atoms with E-state index in [0.29, 0.717) is 12.0 Å². The van der Waals surface area contributed by atoms with Gasteiger partial charge in [0.1, 0.15) is 0 Å². The third-order valence-electron chi connectivity index (χ3n) is 4.39. The fourth-order valence-electron chi connectivity index (χ4n) is 3.14. The van der Waals surface area contributed by atoms with Gasteiger partial charge in [-0.3, -0.25) is 0 Å². The molecule has 0 spiro atoms. The zero-order chi connectivity index (χ0) is 19.4. The van der Waals surface area contributed by atoms with Gasteiger partial charge in [-0.25, -0.2) is 4.79 Å². The van der Waals surface area contributed by atoms with Gasteiger partial charge in [0.05, 0.1) is 19.3 Å². The summed E-state index contributed by atoms with van der Waals surface area (Å²) in [4.78, 5) is 12.2. The molecule has 0 bridgehead atoms. The first-order valence-corrected chi connectivity index (χ1v) is 8.40. The van der Waals surface area contributed by atoms with Gasteiger partial charge < -0.3 is 25.2 Å². The monoisotopic (exact) mass is 378 g/mol. The Balaban J connectivity index is 1.59. The van der Waals surface area contributed by atoms with Crippen LogP contribution < -0.4 is 20.1 Å². The number of carbonyl (C=O) groups is 1. The molecule has 0 radical (unpaired) electrons. The van der Waals surface area contributed by atoms with Gasteiger partial charge >= 0.3 is 12.6 Å². The lowest BCUT2D eigenvalue weighted by molar-refractivity contribution is -0.0512. The maximum atomic E-state index is 12.4. The van der Waals surface area contributed by atoms with Crippen LogP contribution in [-0.4, -0.2) is 31.0 Å². The van der Waals surface area contributed by atoms with E-state index in [-0.39, 0.29) is 18.0 Å². The second-order valence-electron chi connectivity index (χ2n) is 6.14. The van der Waals surface area contributed by atoms with Crippen molar-refractivity contribution >= 4 is 6.03 Å². The van der Waals surface area contributed by atoms with Crippen molar-refractivity contribution in [2.75, 3.05) is 7.11 Å². The Kier molecular flexibility index (Phi) is 5.75. The number of rotatable bonds is 6. The van der Waals surface area contributed by atoms with Crippen LogP contribution in [0.5, 0.6) is 11.5 Å². The predicted octanol–water partition coefficient (Wildman–Crippen LogP) is 2.75. The van der Waals surface area contributed by atoms with Crippen LogP contribution in [0, 0.1) is 0 Å². The molecule has 3 rings (SSSR count). The van der Waals surface area contributed by atoms with E-state index < -0.39 is 24.8 Å². The molecule has 0 fully saturated rings. The number of amides is 2. The Morgan fingerprint density at radius 3 is 2.78 bits per heavy atom. The van der Waals surface area contributed by atoms with Gasteiger partial charge in [0, 0.05) is 13.0 Å². The van der Waals surface area contributed by atoms with Crippen LogP contribution in [0.3, 0.4) is 0 Å². The van der Waals surface area contributed by atoms with Gasteiger partial charge in [-0.05, 0) is 28.8 Å². The molecule has 2 aromatic rings. The maximum absolute atomic E-state index is 12.4. The molecule has 2 amide bonds. The number of hydrogen-bond donors (Lipinski definition) is 3. The summed E-state index contributed by atoms with van der Waals surface area (Å²) in [5.74, 6) is 0.0709. The fraction of sp³-hybridized carbons (Fsp3) is 0.316. The van der Waals surface area contributed by atoms with Gasteiger partial charge in [0.2, 0.25) is 0 Å². The van der Waals surface area contributed by atoms with Crippen LogP contribution >= 0.6 is 0 Å². The predicted molar refractivity (Wildman–Crippen MR) is 93.9 cm³/mol. The van der Waals surface area contributed by atoms with E-state index >= 15 is 0 Å². The van der Waals surface area contributed by atoms with Crippen molar-refractivity contribution in [1.82, 2.24) is 10.6 Å². The van der Waals surface area contributed by atoms with Gasteiger partial charge in [-0.1, -0.05) is 30.3 Å². The average molecular weight is 378 g/mol. The van der Waals surface area contributed by atoms with Gasteiger partial charge in [-0.15, -0.1) is 0 Å². The summed E-state index contributed by atoms with van der Waals surface area (Å²) in [5.41, 5.74) is 2.56. The zero-order valence-corrected chi connectivity index (χ0v) is 14.6. The van der Waals surface area contributed by atoms with Crippen LogP contribution in [0.2, 0.25) is 0 Å². The Bertz CT molecular complexity index is 816. The average Bonchev–Trinajstić information content (AvgIpc) is 2.96. The largest absolute Gasteiger partial charge is 0.493 e. The van der Waals surface area contributed by atoms with E-state index in [4.69, 9.17) is 4.74 Å². The molecule has 0 aromatic heterocycles. The highest BCUT2D eigenvalue weighted by Gasteiger charge is 2.31. The van der Waals surface area contributed by atoms with Crippen molar-refractivity contribution in [2.45, 2.75) is 31.7 Å². The van der Waals surface area contributed by atoms with Gasteiger partial charge in [0.15, 0.2) is 11.5 Å². The Morgan fingerprint density at radius 2 is 2.04 bits per heavy atom. The van der Waals surface area contributed by atoms with E-state index in [1.54, 1.807) is 6.07 Å². The number of aliphatic hydroxyl groups excluding tert-OH is 1. The minimum atomic E-state index is -2.95. The highest BCUT2D eigenvalue weighted by Crippen LogP contribution is 2.31. The smallest absolute Gasteiger partial charge is 0.387 e. The van der Waals surface area contributed by atoms with E-state index in [0.717, 1.165) is 11.1 Å². The van der Waals surface area contributed by atoms with E-state index in [9.17, 15) is 18.7 Å². The number of alkyl halides is 2. The molecule has 3 N–H and O–H groups in total. The number of ether oxygens (including phenoxy) is 2. The molecule has 0 heterocycles. The molecule has 1 aliphatic rings. The Morgan fingerprint density at radius 1 is 1.26 bits per heavy atom. The summed E-state index contributed by atoms with van der Waals surface area (Å²) in [7, 11) is 1.34. The molecule has 0 saturated heterocycles. The summed E-state index contributed by atoms with van der Waals surface area (Å²) >= 11 is 0. The lowest BCUT2D eigenvalue weighted by Gasteiger charge is -2.18. The van der Waals surface area contributed by atoms with Crippen LogP contribution in [0.15, 0.2) is 42.5 Å². The second-order valence-corrected chi connectivity index (χ2v) is 6.14. The number of aliphatic hydroxyl groups is 1. The number of halogens is 2. The van der Waals surface area contributed by atoms with Crippen molar-refractivity contribution in [1.29, 1.82) is 0 Å². The minimum absolute atomic E-state index is 0.0774. The second kappa shape index (κ2) is 8.22. The highest BCUT2D eigenvalue weighted by molar-refractivity contribution is 5.74. The van der Waals surface area contributed by atoms with Crippen LogP contribution in [-0.2, 0) is 13.0 Å². The normalized spacial score (nSPS) is 18.1. The molecule has 0 aliphatic heterocycles. The van der Waals surface area contributed by atoms with E-state index in [1.807, 2.05) is 24.3 Å². The molecular formula is C19H20F2N2O4.